The van der Waals surface area contributed by atoms with Crippen LogP contribution in [-0.4, -0.2) is 12.6 Å². The van der Waals surface area contributed by atoms with Gasteiger partial charge in [-0.3, -0.25) is 0 Å². The molecule has 17 heavy (non-hydrogen) atoms. The molecule has 2 fully saturated rings. The Morgan fingerprint density at radius 2 is 1.71 bits per heavy atom. The number of rotatable bonds is 4. The summed E-state index contributed by atoms with van der Waals surface area (Å²) in [5.74, 6) is 4.09. The van der Waals surface area contributed by atoms with Crippen LogP contribution < -0.4 is 5.32 Å². The largest absolute Gasteiger partial charge is 0.314 e. The summed E-state index contributed by atoms with van der Waals surface area (Å²) in [6, 6.07) is 0.655. The number of nitrogens with one attached hydrogen (secondary N) is 1. The minimum atomic E-state index is 0.655. The first-order valence-corrected chi connectivity index (χ1v) is 7.90. The van der Waals surface area contributed by atoms with Crippen molar-refractivity contribution < 1.29 is 0 Å². The molecule has 0 heterocycles. The lowest BCUT2D eigenvalue weighted by Crippen LogP contribution is -2.33. The molecule has 2 rings (SSSR count). The van der Waals surface area contributed by atoms with Gasteiger partial charge in [-0.05, 0) is 55.9 Å². The highest BCUT2D eigenvalue weighted by Gasteiger charge is 2.34. The fourth-order valence-corrected chi connectivity index (χ4v) is 4.04. The minimum Gasteiger partial charge on any atom is -0.314 e. The van der Waals surface area contributed by atoms with Gasteiger partial charge in [0.2, 0.25) is 0 Å². The molecule has 0 saturated heterocycles. The van der Waals surface area contributed by atoms with Gasteiger partial charge < -0.3 is 5.32 Å². The highest BCUT2D eigenvalue weighted by molar-refractivity contribution is 4.86. The lowest BCUT2D eigenvalue weighted by Gasteiger charge is -2.34. The van der Waals surface area contributed by atoms with Crippen molar-refractivity contribution in [1.82, 2.24) is 5.32 Å². The lowest BCUT2D eigenvalue weighted by atomic mass is 9.73. The zero-order valence-electron chi connectivity index (χ0n) is 12.0. The molecule has 0 aromatic rings. The monoisotopic (exact) mass is 237 g/mol. The van der Waals surface area contributed by atoms with Gasteiger partial charge in [-0.15, -0.1) is 0 Å². The lowest BCUT2D eigenvalue weighted by molar-refractivity contribution is 0.173. The maximum atomic E-state index is 3.67. The van der Waals surface area contributed by atoms with E-state index in [1.165, 1.54) is 51.5 Å². The third-order valence-electron chi connectivity index (χ3n) is 5.17. The van der Waals surface area contributed by atoms with Crippen LogP contribution in [0.15, 0.2) is 0 Å². The Morgan fingerprint density at radius 3 is 2.35 bits per heavy atom. The molecule has 2 atom stereocenters. The van der Waals surface area contributed by atoms with Gasteiger partial charge in [0.15, 0.2) is 0 Å². The Morgan fingerprint density at radius 1 is 1.00 bits per heavy atom. The van der Waals surface area contributed by atoms with Gasteiger partial charge in [-0.1, -0.05) is 40.0 Å². The van der Waals surface area contributed by atoms with E-state index in [4.69, 9.17) is 0 Å². The van der Waals surface area contributed by atoms with E-state index in [1.54, 1.807) is 0 Å². The molecular formula is C16H31N. The molecule has 0 radical (unpaired) electrons. The quantitative estimate of drug-likeness (QED) is 0.771. The van der Waals surface area contributed by atoms with Gasteiger partial charge in [0.25, 0.3) is 0 Å². The molecule has 2 unspecified atom stereocenters. The first kappa shape index (κ1) is 13.4. The second-order valence-electron chi connectivity index (χ2n) is 6.94. The molecule has 1 nitrogen and oxygen atoms in total. The summed E-state index contributed by atoms with van der Waals surface area (Å²) >= 11 is 0. The number of hydrogen-bond donors (Lipinski definition) is 1. The van der Waals surface area contributed by atoms with Crippen molar-refractivity contribution in [3.8, 4) is 0 Å². The Bertz CT molecular complexity index is 216. The molecule has 0 spiro atoms. The van der Waals surface area contributed by atoms with Crippen LogP contribution >= 0.6 is 0 Å². The highest BCUT2D eigenvalue weighted by atomic mass is 14.9. The van der Waals surface area contributed by atoms with Crippen molar-refractivity contribution in [3.05, 3.63) is 0 Å². The molecule has 0 bridgehead atoms. The van der Waals surface area contributed by atoms with Crippen molar-refractivity contribution in [2.45, 2.75) is 71.8 Å². The Hall–Kier alpha value is -0.0400. The van der Waals surface area contributed by atoms with E-state index in [9.17, 15) is 0 Å². The number of hydrogen-bond acceptors (Lipinski definition) is 1. The maximum absolute atomic E-state index is 3.67. The van der Waals surface area contributed by atoms with Gasteiger partial charge in [0.05, 0.1) is 0 Å². The molecule has 2 aliphatic carbocycles. The van der Waals surface area contributed by atoms with Crippen molar-refractivity contribution in [3.63, 3.8) is 0 Å². The summed E-state index contributed by atoms with van der Waals surface area (Å²) in [5, 5.41) is 3.67. The van der Waals surface area contributed by atoms with Crippen molar-refractivity contribution in [2.24, 2.45) is 23.7 Å². The maximum Gasteiger partial charge on any atom is 0.00104 e. The predicted molar refractivity (Wildman–Crippen MR) is 75.1 cm³/mol. The van der Waals surface area contributed by atoms with E-state index >= 15 is 0 Å². The summed E-state index contributed by atoms with van der Waals surface area (Å²) in [6.07, 6.45) is 10.5. The van der Waals surface area contributed by atoms with Crippen LogP contribution in [-0.2, 0) is 0 Å². The normalized spacial score (nSPS) is 38.8. The van der Waals surface area contributed by atoms with Crippen LogP contribution in [0.5, 0.6) is 0 Å². The van der Waals surface area contributed by atoms with E-state index in [0.717, 1.165) is 23.7 Å². The average molecular weight is 237 g/mol. The van der Waals surface area contributed by atoms with Gasteiger partial charge in [0, 0.05) is 6.04 Å². The Balaban J connectivity index is 1.82. The SMILES string of the molecule is CC1CCC(C2CCCC2CNC(C)C)CC1. The predicted octanol–water partition coefficient (Wildman–Crippen LogP) is 4.23. The summed E-state index contributed by atoms with van der Waals surface area (Å²) in [6.45, 7) is 8.25. The topological polar surface area (TPSA) is 12.0 Å². The van der Waals surface area contributed by atoms with E-state index in [0.29, 0.717) is 6.04 Å². The van der Waals surface area contributed by atoms with E-state index in [2.05, 4.69) is 26.1 Å². The van der Waals surface area contributed by atoms with E-state index in [-0.39, 0.29) is 0 Å². The molecular weight excluding hydrogens is 206 g/mol. The highest BCUT2D eigenvalue weighted by Crippen LogP contribution is 2.43. The third kappa shape index (κ3) is 3.71. The van der Waals surface area contributed by atoms with Crippen LogP contribution in [0.2, 0.25) is 0 Å². The summed E-state index contributed by atoms with van der Waals surface area (Å²) in [7, 11) is 0. The minimum absolute atomic E-state index is 0.655. The van der Waals surface area contributed by atoms with Crippen molar-refractivity contribution >= 4 is 0 Å². The van der Waals surface area contributed by atoms with Crippen LogP contribution in [0, 0.1) is 23.7 Å². The smallest absolute Gasteiger partial charge is 0.00104 e. The van der Waals surface area contributed by atoms with E-state index < -0.39 is 0 Å². The van der Waals surface area contributed by atoms with Crippen LogP contribution in [0.3, 0.4) is 0 Å². The molecule has 100 valence electrons. The molecule has 1 N–H and O–H groups in total. The first-order valence-electron chi connectivity index (χ1n) is 7.90. The molecule has 2 saturated carbocycles. The van der Waals surface area contributed by atoms with E-state index in [1.807, 2.05) is 0 Å². The molecule has 0 aromatic heterocycles. The van der Waals surface area contributed by atoms with Crippen LogP contribution in [0.4, 0.5) is 0 Å². The average Bonchev–Trinajstić information content (AvgIpc) is 2.75. The van der Waals surface area contributed by atoms with Crippen molar-refractivity contribution in [2.75, 3.05) is 6.54 Å². The summed E-state index contributed by atoms with van der Waals surface area (Å²) < 4.78 is 0. The molecule has 2 aliphatic rings. The zero-order valence-corrected chi connectivity index (χ0v) is 12.0. The van der Waals surface area contributed by atoms with Crippen molar-refractivity contribution in [1.29, 1.82) is 0 Å². The zero-order chi connectivity index (χ0) is 12.3. The van der Waals surface area contributed by atoms with Gasteiger partial charge in [-0.2, -0.15) is 0 Å². The second-order valence-corrected chi connectivity index (χ2v) is 6.94. The summed E-state index contributed by atoms with van der Waals surface area (Å²) in [4.78, 5) is 0. The third-order valence-corrected chi connectivity index (χ3v) is 5.17. The summed E-state index contributed by atoms with van der Waals surface area (Å²) in [5.41, 5.74) is 0. The van der Waals surface area contributed by atoms with Crippen LogP contribution in [0.1, 0.15) is 65.7 Å². The molecule has 0 aliphatic heterocycles. The first-order chi connectivity index (χ1) is 8.16. The fourth-order valence-electron chi connectivity index (χ4n) is 4.04. The van der Waals surface area contributed by atoms with Crippen LogP contribution in [0.25, 0.3) is 0 Å². The fraction of sp³-hybridized carbons (Fsp3) is 1.00. The van der Waals surface area contributed by atoms with Gasteiger partial charge in [-0.25, -0.2) is 0 Å². The standard InChI is InChI=1S/C16H31N/c1-12(2)17-11-15-5-4-6-16(15)14-9-7-13(3)8-10-14/h12-17H,4-11H2,1-3H3. The van der Waals surface area contributed by atoms with Gasteiger partial charge >= 0.3 is 0 Å². The Kier molecular flexibility index (Phi) is 4.90. The molecule has 0 aromatic carbocycles. The second kappa shape index (κ2) is 6.22. The van der Waals surface area contributed by atoms with Gasteiger partial charge in [0.1, 0.15) is 0 Å². The molecule has 1 heteroatoms. The molecule has 0 amide bonds. The Labute approximate surface area is 108 Å².